The average molecular weight is 592 g/mol. The number of para-hydroxylation sites is 1. The molecule has 2 aromatic heterocycles. The maximum absolute atomic E-state index is 14.1. The molecular formula is C33H25N3O6S. The third-order valence-corrected chi connectivity index (χ3v) is 8.86. The van der Waals surface area contributed by atoms with Crippen LogP contribution < -0.4 is 24.4 Å². The zero-order valence-electron chi connectivity index (χ0n) is 23.3. The first kappa shape index (κ1) is 26.7. The van der Waals surface area contributed by atoms with Crippen LogP contribution in [0.15, 0.2) is 98.6 Å². The van der Waals surface area contributed by atoms with Crippen molar-refractivity contribution >= 4 is 28.8 Å². The molecule has 0 saturated heterocycles. The number of nitro groups is 1. The molecule has 214 valence electrons. The van der Waals surface area contributed by atoms with Crippen LogP contribution in [-0.4, -0.2) is 23.7 Å². The number of nitrogens with zero attached hydrogens (tertiary/aromatic N) is 3. The third-order valence-electron chi connectivity index (χ3n) is 7.87. The number of furan rings is 1. The van der Waals surface area contributed by atoms with Gasteiger partial charge in [0.25, 0.3) is 11.2 Å². The van der Waals surface area contributed by atoms with E-state index in [1.165, 1.54) is 30.1 Å². The van der Waals surface area contributed by atoms with E-state index in [1.54, 1.807) is 42.0 Å². The number of methoxy groups -OCH3 is 2. The van der Waals surface area contributed by atoms with Gasteiger partial charge in [0.1, 0.15) is 23.0 Å². The fraction of sp³-hybridized carbons (Fsp3) is 0.152. The fourth-order valence-corrected chi connectivity index (χ4v) is 6.87. The van der Waals surface area contributed by atoms with E-state index in [0.29, 0.717) is 37.9 Å². The summed E-state index contributed by atoms with van der Waals surface area (Å²) < 4.78 is 19.1. The summed E-state index contributed by atoms with van der Waals surface area (Å²) in [6.45, 7) is 0. The topological polar surface area (TPSA) is 109 Å². The summed E-state index contributed by atoms with van der Waals surface area (Å²) in [5.41, 5.74) is 5.17. The van der Waals surface area contributed by atoms with Crippen molar-refractivity contribution in [1.29, 1.82) is 0 Å². The summed E-state index contributed by atoms with van der Waals surface area (Å²) in [7, 11) is 3.09. The molecule has 9 nitrogen and oxygen atoms in total. The third kappa shape index (κ3) is 4.47. The number of rotatable bonds is 6. The summed E-state index contributed by atoms with van der Waals surface area (Å²) in [5.74, 6) is 1.78. The Morgan fingerprint density at radius 1 is 1.00 bits per heavy atom. The SMILES string of the molecule is COc1ccc(-c2ccc(/C=c3\sc4n(c3=O)[C@H](c3ccccc3OC)C3=C(N=4)c4ccccc4CC3)o2)c([N+](=O)[O-])c1. The van der Waals surface area contributed by atoms with Gasteiger partial charge in [0.15, 0.2) is 4.80 Å². The van der Waals surface area contributed by atoms with Crippen molar-refractivity contribution in [3.8, 4) is 22.8 Å². The maximum Gasteiger partial charge on any atom is 0.284 e. The predicted molar refractivity (Wildman–Crippen MR) is 163 cm³/mol. The standard InChI is InChI=1S/C33H25N3O6S/c1-40-20-12-15-23(26(17-20)36(38)39)28-16-13-21(42-28)18-29-32(37)35-31(24-9-5-6-10-27(24)41-2)25-14-11-19-7-3-4-8-22(19)30(25)34-33(35)43-29/h3-10,12-13,15-18,31H,11,14H2,1-2H3/b29-18-/t31-/m1/s1. The molecule has 10 heteroatoms. The summed E-state index contributed by atoms with van der Waals surface area (Å²) in [5, 5.41) is 11.7. The fourth-order valence-electron chi connectivity index (χ4n) is 5.89. The van der Waals surface area contributed by atoms with E-state index >= 15 is 0 Å². The number of allylic oxidation sites excluding steroid dienone is 1. The van der Waals surface area contributed by atoms with Gasteiger partial charge in [-0.2, -0.15) is 0 Å². The molecule has 1 atom stereocenters. The first-order valence-corrected chi connectivity index (χ1v) is 14.5. The van der Waals surface area contributed by atoms with Crippen LogP contribution in [-0.2, 0) is 6.42 Å². The lowest BCUT2D eigenvalue weighted by Crippen LogP contribution is -2.38. The van der Waals surface area contributed by atoms with Gasteiger partial charge in [-0.15, -0.1) is 0 Å². The molecule has 1 aliphatic heterocycles. The molecule has 0 saturated carbocycles. The summed E-state index contributed by atoms with van der Waals surface area (Å²) in [6.07, 6.45) is 3.29. The number of hydrogen-bond donors (Lipinski definition) is 0. The molecule has 0 N–H and O–H groups in total. The second-order valence-corrected chi connectivity index (χ2v) is 11.2. The van der Waals surface area contributed by atoms with Gasteiger partial charge in [-0.3, -0.25) is 19.5 Å². The number of aromatic nitrogens is 1. The largest absolute Gasteiger partial charge is 0.497 e. The molecule has 0 unspecified atom stereocenters. The number of aryl methyl sites for hydroxylation is 1. The Morgan fingerprint density at radius 3 is 2.63 bits per heavy atom. The zero-order valence-corrected chi connectivity index (χ0v) is 24.1. The van der Waals surface area contributed by atoms with Gasteiger partial charge in [0.2, 0.25) is 0 Å². The number of benzene rings is 3. The number of fused-ring (bicyclic) bond motifs is 3. The smallest absolute Gasteiger partial charge is 0.284 e. The maximum atomic E-state index is 14.1. The van der Waals surface area contributed by atoms with Crippen LogP contribution in [0.25, 0.3) is 23.1 Å². The van der Waals surface area contributed by atoms with Crippen LogP contribution in [0.3, 0.4) is 0 Å². The van der Waals surface area contributed by atoms with Crippen LogP contribution in [0.1, 0.15) is 34.9 Å². The van der Waals surface area contributed by atoms with Crippen molar-refractivity contribution in [3.63, 3.8) is 0 Å². The van der Waals surface area contributed by atoms with Crippen molar-refractivity contribution in [3.05, 3.63) is 137 Å². The lowest BCUT2D eigenvalue weighted by Gasteiger charge is -2.31. The van der Waals surface area contributed by atoms with Gasteiger partial charge in [0, 0.05) is 17.2 Å². The summed E-state index contributed by atoms with van der Waals surface area (Å²) >= 11 is 1.29. The predicted octanol–water partition coefficient (Wildman–Crippen LogP) is 5.50. The first-order chi connectivity index (χ1) is 21.0. The van der Waals surface area contributed by atoms with Gasteiger partial charge in [-0.25, -0.2) is 4.99 Å². The second-order valence-electron chi connectivity index (χ2n) is 10.2. The molecule has 0 fully saturated rings. The molecule has 0 bridgehead atoms. The van der Waals surface area contributed by atoms with Crippen molar-refractivity contribution in [2.75, 3.05) is 14.2 Å². The molecule has 7 rings (SSSR count). The number of hydrogen-bond acceptors (Lipinski definition) is 8. The minimum Gasteiger partial charge on any atom is -0.497 e. The number of nitro benzene ring substituents is 1. The Bertz CT molecular complexity index is 2140. The van der Waals surface area contributed by atoms with Gasteiger partial charge >= 0.3 is 0 Å². The van der Waals surface area contributed by atoms with E-state index in [1.807, 2.05) is 36.4 Å². The Labute approximate surface area is 249 Å². The monoisotopic (exact) mass is 591 g/mol. The van der Waals surface area contributed by atoms with E-state index in [9.17, 15) is 14.9 Å². The minimum absolute atomic E-state index is 0.137. The molecule has 1 aliphatic carbocycles. The van der Waals surface area contributed by atoms with Crippen LogP contribution >= 0.6 is 11.3 Å². The van der Waals surface area contributed by atoms with Gasteiger partial charge in [-0.05, 0) is 54.3 Å². The van der Waals surface area contributed by atoms with Crippen LogP contribution in [0.2, 0.25) is 0 Å². The van der Waals surface area contributed by atoms with Crippen molar-refractivity contribution in [1.82, 2.24) is 4.57 Å². The van der Waals surface area contributed by atoms with Gasteiger partial charge in [-0.1, -0.05) is 53.8 Å². The van der Waals surface area contributed by atoms with Gasteiger partial charge in [0.05, 0.1) is 47.0 Å². The molecule has 0 spiro atoms. The van der Waals surface area contributed by atoms with E-state index in [2.05, 4.69) is 12.1 Å². The van der Waals surface area contributed by atoms with Crippen LogP contribution in [0, 0.1) is 10.1 Å². The Kier molecular flexibility index (Phi) is 6.55. The van der Waals surface area contributed by atoms with Crippen molar-refractivity contribution in [2.45, 2.75) is 18.9 Å². The average Bonchev–Trinajstić information content (AvgIpc) is 3.63. The second kappa shape index (κ2) is 10.6. The Morgan fingerprint density at radius 2 is 1.81 bits per heavy atom. The highest BCUT2D eigenvalue weighted by molar-refractivity contribution is 7.07. The zero-order chi connectivity index (χ0) is 29.7. The van der Waals surface area contributed by atoms with Gasteiger partial charge < -0.3 is 13.9 Å². The highest BCUT2D eigenvalue weighted by Gasteiger charge is 2.34. The lowest BCUT2D eigenvalue weighted by atomic mass is 9.83. The van der Waals surface area contributed by atoms with Crippen LogP contribution in [0.4, 0.5) is 5.69 Å². The van der Waals surface area contributed by atoms with E-state index < -0.39 is 4.92 Å². The molecule has 2 aliphatic rings. The lowest BCUT2D eigenvalue weighted by molar-refractivity contribution is -0.384. The van der Waals surface area contributed by atoms with E-state index in [-0.39, 0.29) is 17.3 Å². The Balaban J connectivity index is 1.39. The molecule has 5 aromatic rings. The van der Waals surface area contributed by atoms with Crippen molar-refractivity contribution < 1.29 is 18.8 Å². The molecule has 0 radical (unpaired) electrons. The van der Waals surface area contributed by atoms with Crippen molar-refractivity contribution in [2.24, 2.45) is 4.99 Å². The molecular weight excluding hydrogens is 566 g/mol. The highest BCUT2D eigenvalue weighted by Crippen LogP contribution is 2.43. The minimum atomic E-state index is -0.476. The number of ether oxygens (including phenoxy) is 2. The molecule has 3 aromatic carbocycles. The normalized spacial score (nSPS) is 15.8. The van der Waals surface area contributed by atoms with E-state index in [0.717, 1.165) is 35.2 Å². The Hall–Kier alpha value is -5.22. The number of thiazole rings is 1. The van der Waals surface area contributed by atoms with Crippen LogP contribution in [0.5, 0.6) is 11.5 Å². The van der Waals surface area contributed by atoms with E-state index in [4.69, 9.17) is 18.9 Å². The highest BCUT2D eigenvalue weighted by atomic mass is 32.1. The quantitative estimate of drug-likeness (QED) is 0.191. The molecule has 43 heavy (non-hydrogen) atoms. The molecule has 3 heterocycles. The summed E-state index contributed by atoms with van der Waals surface area (Å²) in [4.78, 5) is 31.0. The first-order valence-electron chi connectivity index (χ1n) is 13.7. The summed E-state index contributed by atoms with van der Waals surface area (Å²) in [6, 6.07) is 23.6. The molecule has 0 amide bonds.